The molecule has 1 N–H and O–H groups in total. The maximum Gasteiger partial charge on any atom is 0.0952 e. The zero-order valence-electron chi connectivity index (χ0n) is 10.9. The van der Waals surface area contributed by atoms with Crippen molar-refractivity contribution in [3.8, 4) is 0 Å². The predicted octanol–water partition coefficient (Wildman–Crippen LogP) is 3.39. The molecule has 5 heteroatoms. The van der Waals surface area contributed by atoms with Gasteiger partial charge in [-0.05, 0) is 30.3 Å². The van der Waals surface area contributed by atoms with Gasteiger partial charge in [-0.25, -0.2) is 4.98 Å². The van der Waals surface area contributed by atoms with Crippen LogP contribution in [0.15, 0.2) is 30.7 Å². The van der Waals surface area contributed by atoms with Crippen LogP contribution in [0, 0.1) is 0 Å². The van der Waals surface area contributed by atoms with Crippen molar-refractivity contribution in [2.24, 2.45) is 0 Å². The topological polar surface area (TPSA) is 29.9 Å². The van der Waals surface area contributed by atoms with E-state index in [1.165, 1.54) is 0 Å². The molecule has 0 radical (unpaired) electrons. The Hall–Kier alpha value is -1.03. The lowest BCUT2D eigenvalue weighted by atomic mass is 10.2. The summed E-state index contributed by atoms with van der Waals surface area (Å²) in [5.74, 6) is 0. The van der Waals surface area contributed by atoms with E-state index in [1.807, 2.05) is 23.0 Å². The lowest BCUT2D eigenvalue weighted by molar-refractivity contribution is 0.708. The van der Waals surface area contributed by atoms with Crippen molar-refractivity contribution in [3.05, 3.63) is 52.0 Å². The molecule has 0 bridgehead atoms. The number of aromatic nitrogens is 2. The van der Waals surface area contributed by atoms with E-state index in [4.69, 9.17) is 23.2 Å². The summed E-state index contributed by atoms with van der Waals surface area (Å²) in [4.78, 5) is 4.38. The maximum absolute atomic E-state index is 6.15. The summed E-state index contributed by atoms with van der Waals surface area (Å²) in [5, 5.41) is 4.71. The van der Waals surface area contributed by atoms with Gasteiger partial charge in [0.15, 0.2) is 0 Å². The first-order valence-corrected chi connectivity index (χ1v) is 7.10. The Labute approximate surface area is 123 Å². The van der Waals surface area contributed by atoms with Gasteiger partial charge in [0, 0.05) is 29.2 Å². The molecule has 0 aliphatic heterocycles. The van der Waals surface area contributed by atoms with E-state index < -0.39 is 0 Å². The molecule has 0 amide bonds. The number of nitrogens with zero attached hydrogens (tertiary/aromatic N) is 2. The SMILES string of the molecule is CCNCCc1cn(Cc2cc(Cl)ccc2Cl)cn1. The van der Waals surface area contributed by atoms with Gasteiger partial charge in [0.05, 0.1) is 18.6 Å². The summed E-state index contributed by atoms with van der Waals surface area (Å²) in [6.45, 7) is 4.72. The molecule has 102 valence electrons. The molecular weight excluding hydrogens is 281 g/mol. The third-order valence-corrected chi connectivity index (χ3v) is 3.46. The van der Waals surface area contributed by atoms with Crippen LogP contribution >= 0.6 is 23.2 Å². The Morgan fingerprint density at radius 1 is 1.32 bits per heavy atom. The van der Waals surface area contributed by atoms with Crippen LogP contribution in [0.2, 0.25) is 10.0 Å². The zero-order chi connectivity index (χ0) is 13.7. The Morgan fingerprint density at radius 3 is 2.95 bits per heavy atom. The number of hydrogen-bond donors (Lipinski definition) is 1. The number of hydrogen-bond acceptors (Lipinski definition) is 2. The van der Waals surface area contributed by atoms with Crippen molar-refractivity contribution >= 4 is 23.2 Å². The first-order valence-electron chi connectivity index (χ1n) is 6.34. The van der Waals surface area contributed by atoms with E-state index in [-0.39, 0.29) is 0 Å². The molecule has 0 aliphatic rings. The first-order chi connectivity index (χ1) is 9.19. The largest absolute Gasteiger partial charge is 0.333 e. The van der Waals surface area contributed by atoms with Crippen LogP contribution in [0.5, 0.6) is 0 Å². The third-order valence-electron chi connectivity index (χ3n) is 2.86. The highest BCUT2D eigenvalue weighted by Crippen LogP contribution is 2.21. The summed E-state index contributed by atoms with van der Waals surface area (Å²) < 4.78 is 2.03. The second kappa shape index (κ2) is 6.94. The van der Waals surface area contributed by atoms with Gasteiger partial charge in [0.25, 0.3) is 0 Å². The second-order valence-electron chi connectivity index (χ2n) is 4.38. The zero-order valence-corrected chi connectivity index (χ0v) is 12.4. The highest BCUT2D eigenvalue weighted by molar-refractivity contribution is 6.33. The molecule has 0 fully saturated rings. The number of rotatable bonds is 6. The molecule has 1 aromatic carbocycles. The molecule has 3 nitrogen and oxygen atoms in total. The van der Waals surface area contributed by atoms with Crippen LogP contribution in [0.25, 0.3) is 0 Å². The smallest absolute Gasteiger partial charge is 0.0952 e. The van der Waals surface area contributed by atoms with Crippen LogP contribution in [-0.4, -0.2) is 22.6 Å². The van der Waals surface area contributed by atoms with E-state index in [9.17, 15) is 0 Å². The first kappa shape index (κ1) is 14.4. The number of nitrogens with one attached hydrogen (secondary N) is 1. The molecule has 2 aromatic rings. The molecule has 19 heavy (non-hydrogen) atoms. The van der Waals surface area contributed by atoms with Gasteiger partial charge in [-0.2, -0.15) is 0 Å². The van der Waals surface area contributed by atoms with Crippen LogP contribution in [0.3, 0.4) is 0 Å². The van der Waals surface area contributed by atoms with Crippen molar-refractivity contribution < 1.29 is 0 Å². The quantitative estimate of drug-likeness (QED) is 0.828. The minimum atomic E-state index is 0.688. The molecular formula is C14H17Cl2N3. The summed E-state index contributed by atoms with van der Waals surface area (Å²) in [6.07, 6.45) is 4.82. The Balaban J connectivity index is 2.01. The lowest BCUT2D eigenvalue weighted by Gasteiger charge is -2.05. The highest BCUT2D eigenvalue weighted by atomic mass is 35.5. The van der Waals surface area contributed by atoms with E-state index in [2.05, 4.69) is 23.4 Å². The minimum absolute atomic E-state index is 0.688. The molecule has 0 spiro atoms. The Bertz CT molecular complexity index is 537. The fraction of sp³-hybridized carbons (Fsp3) is 0.357. The van der Waals surface area contributed by atoms with Crippen LogP contribution in [0.1, 0.15) is 18.2 Å². The summed E-state index contributed by atoms with van der Waals surface area (Å²) in [7, 11) is 0. The number of imidazole rings is 1. The molecule has 0 aliphatic carbocycles. The fourth-order valence-electron chi connectivity index (χ4n) is 1.88. The third kappa shape index (κ3) is 4.23. The van der Waals surface area contributed by atoms with Crippen LogP contribution in [0.4, 0.5) is 0 Å². The Kier molecular flexibility index (Phi) is 5.25. The fourth-order valence-corrected chi connectivity index (χ4v) is 2.25. The summed E-state index contributed by atoms with van der Waals surface area (Å²) >= 11 is 12.1. The Morgan fingerprint density at radius 2 is 2.16 bits per heavy atom. The van der Waals surface area contributed by atoms with E-state index in [0.717, 1.165) is 35.8 Å². The number of halogens is 2. The molecule has 1 aromatic heterocycles. The number of benzene rings is 1. The average Bonchev–Trinajstić information content (AvgIpc) is 2.82. The summed E-state index contributed by atoms with van der Waals surface area (Å²) in [5.41, 5.74) is 2.09. The van der Waals surface area contributed by atoms with Crippen molar-refractivity contribution in [2.75, 3.05) is 13.1 Å². The molecule has 1 heterocycles. The van der Waals surface area contributed by atoms with Crippen molar-refractivity contribution in [2.45, 2.75) is 19.9 Å². The van der Waals surface area contributed by atoms with Crippen LogP contribution < -0.4 is 5.32 Å². The lowest BCUT2D eigenvalue weighted by Crippen LogP contribution is -2.16. The van der Waals surface area contributed by atoms with Crippen LogP contribution in [-0.2, 0) is 13.0 Å². The molecule has 2 rings (SSSR count). The van der Waals surface area contributed by atoms with Crippen molar-refractivity contribution in [3.63, 3.8) is 0 Å². The average molecular weight is 298 g/mol. The number of likely N-dealkylation sites (N-methyl/N-ethyl adjacent to an activating group) is 1. The normalized spacial score (nSPS) is 10.9. The van der Waals surface area contributed by atoms with Crippen molar-refractivity contribution in [1.82, 2.24) is 14.9 Å². The van der Waals surface area contributed by atoms with Gasteiger partial charge >= 0.3 is 0 Å². The highest BCUT2D eigenvalue weighted by Gasteiger charge is 2.04. The minimum Gasteiger partial charge on any atom is -0.333 e. The van der Waals surface area contributed by atoms with E-state index in [1.54, 1.807) is 6.07 Å². The van der Waals surface area contributed by atoms with E-state index in [0.29, 0.717) is 11.6 Å². The van der Waals surface area contributed by atoms with Gasteiger partial charge in [-0.1, -0.05) is 30.1 Å². The molecule has 0 unspecified atom stereocenters. The van der Waals surface area contributed by atoms with Gasteiger partial charge in [-0.3, -0.25) is 0 Å². The predicted molar refractivity (Wildman–Crippen MR) is 80.0 cm³/mol. The van der Waals surface area contributed by atoms with E-state index >= 15 is 0 Å². The molecule has 0 saturated carbocycles. The maximum atomic E-state index is 6.15. The van der Waals surface area contributed by atoms with Gasteiger partial charge in [-0.15, -0.1) is 0 Å². The van der Waals surface area contributed by atoms with Crippen molar-refractivity contribution in [1.29, 1.82) is 0 Å². The molecule has 0 atom stereocenters. The van der Waals surface area contributed by atoms with Gasteiger partial charge in [0.2, 0.25) is 0 Å². The monoisotopic (exact) mass is 297 g/mol. The van der Waals surface area contributed by atoms with Gasteiger partial charge < -0.3 is 9.88 Å². The van der Waals surface area contributed by atoms with Gasteiger partial charge in [0.1, 0.15) is 0 Å². The standard InChI is InChI=1S/C14H17Cl2N3/c1-2-17-6-5-13-9-19(10-18-13)8-11-7-12(15)3-4-14(11)16/h3-4,7,9-10,17H,2,5-6,8H2,1H3. The molecule has 0 saturated heterocycles. The second-order valence-corrected chi connectivity index (χ2v) is 5.22. The summed E-state index contributed by atoms with van der Waals surface area (Å²) in [6, 6.07) is 5.51.